The van der Waals surface area contributed by atoms with Crippen LogP contribution in [0.3, 0.4) is 0 Å². The minimum absolute atomic E-state index is 0.0107. The van der Waals surface area contributed by atoms with Gasteiger partial charge in [0.25, 0.3) is 0 Å². The average molecular weight is 413 g/mol. The predicted octanol–water partition coefficient (Wildman–Crippen LogP) is 3.02. The zero-order chi connectivity index (χ0) is 21.1. The molecule has 2 N–H and O–H groups in total. The summed E-state index contributed by atoms with van der Waals surface area (Å²) in [5, 5.41) is 5.36. The lowest BCUT2D eigenvalue weighted by molar-refractivity contribution is 0.00578. The van der Waals surface area contributed by atoms with Gasteiger partial charge in [-0.2, -0.15) is 0 Å². The standard InChI is InChI=1S/C18H32BNO5SSi/c1-16(2,3)27(8,9)23-14-10-13(11-15(12-14)26(20,21)22)19-24-17(4,5)18(6,7)25-19/h10-12H,1-9H3,(H2,20,21,22). The number of benzene rings is 1. The third-order valence-electron chi connectivity index (χ3n) is 5.94. The fourth-order valence-electron chi connectivity index (χ4n) is 2.38. The van der Waals surface area contributed by atoms with E-state index in [-0.39, 0.29) is 9.93 Å². The summed E-state index contributed by atoms with van der Waals surface area (Å²) in [6.07, 6.45) is 0. The summed E-state index contributed by atoms with van der Waals surface area (Å²) >= 11 is 0. The molecule has 1 saturated heterocycles. The number of nitrogens with two attached hydrogens (primary N) is 1. The maximum Gasteiger partial charge on any atom is 0.495 e. The molecule has 0 atom stereocenters. The molecule has 0 aromatic heterocycles. The van der Waals surface area contributed by atoms with E-state index in [1.165, 1.54) is 12.1 Å². The molecule has 0 saturated carbocycles. The molecule has 1 aliphatic rings. The van der Waals surface area contributed by atoms with Gasteiger partial charge in [-0.25, -0.2) is 13.6 Å². The Labute approximate surface area is 165 Å². The third kappa shape index (κ3) is 4.59. The van der Waals surface area contributed by atoms with Crippen molar-refractivity contribution in [2.75, 3.05) is 0 Å². The number of sulfonamides is 1. The molecule has 2 rings (SSSR count). The first-order valence-corrected chi connectivity index (χ1v) is 13.5. The zero-order valence-electron chi connectivity index (χ0n) is 17.8. The fraction of sp³-hybridized carbons (Fsp3) is 0.667. The first kappa shape index (κ1) is 22.4. The molecule has 1 aliphatic heterocycles. The van der Waals surface area contributed by atoms with Gasteiger partial charge in [0.05, 0.1) is 16.1 Å². The maximum atomic E-state index is 12.0. The fourth-order valence-corrected chi connectivity index (χ4v) is 3.97. The van der Waals surface area contributed by atoms with Crippen LogP contribution in [0.4, 0.5) is 0 Å². The van der Waals surface area contributed by atoms with E-state index in [1.807, 2.05) is 27.7 Å². The van der Waals surface area contributed by atoms with Gasteiger partial charge in [0.2, 0.25) is 18.3 Å². The van der Waals surface area contributed by atoms with Crippen molar-refractivity contribution in [3.05, 3.63) is 18.2 Å². The van der Waals surface area contributed by atoms with Crippen LogP contribution in [-0.4, -0.2) is 35.1 Å². The summed E-state index contributed by atoms with van der Waals surface area (Å²) in [5.41, 5.74) is -0.486. The van der Waals surface area contributed by atoms with Crippen LogP contribution in [0.25, 0.3) is 0 Å². The molecule has 6 nitrogen and oxygen atoms in total. The molecule has 152 valence electrons. The Bertz CT molecular complexity index is 815. The first-order chi connectivity index (χ1) is 11.9. The Hall–Kier alpha value is -0.868. The second-order valence-corrected chi connectivity index (χ2v) is 16.0. The summed E-state index contributed by atoms with van der Waals surface area (Å²) in [7, 11) is -6.76. The molecule has 0 aliphatic carbocycles. The lowest BCUT2D eigenvalue weighted by Crippen LogP contribution is -2.44. The van der Waals surface area contributed by atoms with Gasteiger partial charge in [0.15, 0.2) is 0 Å². The number of rotatable bonds is 4. The van der Waals surface area contributed by atoms with Crippen LogP contribution in [0.2, 0.25) is 18.1 Å². The van der Waals surface area contributed by atoms with Crippen LogP contribution in [0.1, 0.15) is 48.5 Å². The minimum Gasteiger partial charge on any atom is -0.543 e. The summed E-state index contributed by atoms with van der Waals surface area (Å²) < 4.78 is 42.5. The minimum atomic E-state index is -3.90. The molecular weight excluding hydrogens is 381 g/mol. The Morgan fingerprint density at radius 1 is 1.04 bits per heavy atom. The van der Waals surface area contributed by atoms with Crippen molar-refractivity contribution in [1.82, 2.24) is 0 Å². The summed E-state index contributed by atoms with van der Waals surface area (Å²) in [6.45, 7) is 18.4. The van der Waals surface area contributed by atoms with Crippen LogP contribution in [0.15, 0.2) is 23.1 Å². The van der Waals surface area contributed by atoms with Crippen molar-refractivity contribution in [1.29, 1.82) is 0 Å². The molecule has 9 heteroatoms. The molecule has 1 aromatic carbocycles. The van der Waals surface area contributed by atoms with Gasteiger partial charge in [-0.3, -0.25) is 0 Å². The van der Waals surface area contributed by atoms with E-state index in [2.05, 4.69) is 33.9 Å². The van der Waals surface area contributed by atoms with E-state index >= 15 is 0 Å². The quantitative estimate of drug-likeness (QED) is 0.767. The number of hydrogen-bond donors (Lipinski definition) is 1. The summed E-state index contributed by atoms with van der Waals surface area (Å²) in [6, 6.07) is 4.76. The largest absolute Gasteiger partial charge is 0.543 e. The lowest BCUT2D eigenvalue weighted by atomic mass is 9.79. The van der Waals surface area contributed by atoms with E-state index in [0.717, 1.165) is 0 Å². The highest BCUT2D eigenvalue weighted by atomic mass is 32.2. The Kier molecular flexibility index (Phi) is 5.47. The van der Waals surface area contributed by atoms with Gasteiger partial charge in [0.1, 0.15) is 5.75 Å². The van der Waals surface area contributed by atoms with Gasteiger partial charge < -0.3 is 13.7 Å². The molecule has 0 radical (unpaired) electrons. The van der Waals surface area contributed by atoms with Crippen LogP contribution < -0.4 is 15.0 Å². The molecule has 0 unspecified atom stereocenters. The van der Waals surface area contributed by atoms with Crippen molar-refractivity contribution in [2.24, 2.45) is 5.14 Å². The highest BCUT2D eigenvalue weighted by molar-refractivity contribution is 7.89. The van der Waals surface area contributed by atoms with Crippen molar-refractivity contribution in [3.8, 4) is 5.75 Å². The van der Waals surface area contributed by atoms with Crippen molar-refractivity contribution in [3.63, 3.8) is 0 Å². The molecule has 1 fully saturated rings. The third-order valence-corrected chi connectivity index (χ3v) is 11.2. The Morgan fingerprint density at radius 3 is 1.93 bits per heavy atom. The second-order valence-electron chi connectivity index (χ2n) is 9.73. The zero-order valence-corrected chi connectivity index (χ0v) is 19.7. The Balaban J connectivity index is 2.51. The molecule has 0 bridgehead atoms. The van der Waals surface area contributed by atoms with Crippen LogP contribution in [0, 0.1) is 0 Å². The molecule has 0 spiro atoms. The Morgan fingerprint density at radius 2 is 1.52 bits per heavy atom. The molecular formula is C18H32BNO5SSi. The van der Waals surface area contributed by atoms with Crippen LogP contribution in [0.5, 0.6) is 5.75 Å². The van der Waals surface area contributed by atoms with Crippen molar-refractivity contribution >= 4 is 30.9 Å². The maximum absolute atomic E-state index is 12.0. The van der Waals surface area contributed by atoms with Gasteiger partial charge in [-0.1, -0.05) is 20.8 Å². The SMILES string of the molecule is CC1(C)OB(c2cc(O[Si](C)(C)C(C)(C)C)cc(S(N)(=O)=O)c2)OC1(C)C. The lowest BCUT2D eigenvalue weighted by Gasteiger charge is -2.36. The smallest absolute Gasteiger partial charge is 0.495 e. The van der Waals surface area contributed by atoms with Crippen LogP contribution >= 0.6 is 0 Å². The molecule has 0 amide bonds. The predicted molar refractivity (Wildman–Crippen MR) is 111 cm³/mol. The van der Waals surface area contributed by atoms with E-state index in [0.29, 0.717) is 11.2 Å². The van der Waals surface area contributed by atoms with E-state index in [9.17, 15) is 8.42 Å². The van der Waals surface area contributed by atoms with Gasteiger partial charge in [-0.15, -0.1) is 0 Å². The summed E-state index contributed by atoms with van der Waals surface area (Å²) in [4.78, 5) is -0.0107. The van der Waals surface area contributed by atoms with E-state index in [1.54, 1.807) is 6.07 Å². The highest BCUT2D eigenvalue weighted by Gasteiger charge is 2.52. The van der Waals surface area contributed by atoms with E-state index < -0.39 is 36.7 Å². The van der Waals surface area contributed by atoms with Crippen molar-refractivity contribution in [2.45, 2.75) is 82.7 Å². The van der Waals surface area contributed by atoms with Gasteiger partial charge in [0, 0.05) is 0 Å². The second kappa shape index (κ2) is 6.59. The monoisotopic (exact) mass is 413 g/mol. The number of primary sulfonamides is 1. The van der Waals surface area contributed by atoms with Gasteiger partial charge >= 0.3 is 7.12 Å². The molecule has 1 aromatic rings. The highest BCUT2D eigenvalue weighted by Crippen LogP contribution is 2.39. The van der Waals surface area contributed by atoms with Crippen LogP contribution in [-0.2, 0) is 19.3 Å². The first-order valence-electron chi connectivity index (χ1n) is 9.08. The molecule has 27 heavy (non-hydrogen) atoms. The topological polar surface area (TPSA) is 87.9 Å². The van der Waals surface area contributed by atoms with Gasteiger partial charge in [-0.05, 0) is 69.5 Å². The van der Waals surface area contributed by atoms with Crippen molar-refractivity contribution < 1.29 is 22.2 Å². The molecule has 1 heterocycles. The number of hydrogen-bond acceptors (Lipinski definition) is 5. The van der Waals surface area contributed by atoms with E-state index in [4.69, 9.17) is 18.9 Å². The normalized spacial score (nSPS) is 20.0. The average Bonchev–Trinajstić information content (AvgIpc) is 2.64. The summed E-state index contributed by atoms with van der Waals surface area (Å²) in [5.74, 6) is 0.470.